The van der Waals surface area contributed by atoms with Crippen LogP contribution in [0.4, 0.5) is 0 Å². The highest BCUT2D eigenvalue weighted by molar-refractivity contribution is 5.93. The zero-order valence-corrected chi connectivity index (χ0v) is 9.99. The van der Waals surface area contributed by atoms with Crippen molar-refractivity contribution >= 4 is 12.0 Å². The zero-order valence-electron chi connectivity index (χ0n) is 9.99. The molecule has 18 heavy (non-hydrogen) atoms. The normalized spacial score (nSPS) is 10.9. The van der Waals surface area contributed by atoms with Gasteiger partial charge in [0.25, 0.3) is 5.91 Å². The van der Waals surface area contributed by atoms with Crippen LogP contribution < -0.4 is 5.73 Å². The monoisotopic (exact) mass is 241 g/mol. The number of rotatable bonds is 4. The van der Waals surface area contributed by atoms with Crippen LogP contribution in [0.25, 0.3) is 6.08 Å². The molecule has 1 heterocycles. The molecule has 4 heteroatoms. The molecule has 0 fully saturated rings. The number of imidazole rings is 1. The maximum atomic E-state index is 11.8. The number of hydrogen-bond donors (Lipinski definition) is 1. The summed E-state index contributed by atoms with van der Waals surface area (Å²) in [5.41, 5.74) is 7.26. The van der Waals surface area contributed by atoms with Crippen LogP contribution in [0.3, 0.4) is 0 Å². The van der Waals surface area contributed by atoms with Gasteiger partial charge in [0.15, 0.2) is 0 Å². The molecule has 2 rings (SSSR count). The van der Waals surface area contributed by atoms with Gasteiger partial charge in [0.2, 0.25) is 0 Å². The Hall–Kier alpha value is -2.20. The minimum absolute atomic E-state index is 0.116. The molecule has 0 radical (unpaired) electrons. The van der Waals surface area contributed by atoms with Gasteiger partial charge in [0.1, 0.15) is 6.33 Å². The minimum Gasteiger partial charge on any atom is -0.330 e. The zero-order chi connectivity index (χ0) is 12.8. The second-order valence-electron chi connectivity index (χ2n) is 3.89. The van der Waals surface area contributed by atoms with Crippen LogP contribution in [0.1, 0.15) is 16.1 Å². The van der Waals surface area contributed by atoms with Gasteiger partial charge in [-0.05, 0) is 18.2 Å². The molecule has 4 nitrogen and oxygen atoms in total. The number of aromatic nitrogens is 2. The van der Waals surface area contributed by atoms with E-state index in [0.717, 1.165) is 11.3 Å². The van der Waals surface area contributed by atoms with Crippen molar-refractivity contribution in [3.8, 4) is 0 Å². The summed E-state index contributed by atoms with van der Waals surface area (Å²) in [6.07, 6.45) is 7.23. The van der Waals surface area contributed by atoms with E-state index in [4.69, 9.17) is 5.73 Å². The molecule has 0 saturated heterocycles. The van der Waals surface area contributed by atoms with Crippen molar-refractivity contribution in [1.29, 1.82) is 0 Å². The van der Waals surface area contributed by atoms with Crippen molar-refractivity contribution in [2.24, 2.45) is 5.73 Å². The number of carbonyl (C=O) groups is 1. The Balaban J connectivity index is 2.05. The van der Waals surface area contributed by atoms with Crippen LogP contribution in [-0.2, 0) is 6.42 Å². The van der Waals surface area contributed by atoms with E-state index in [0.29, 0.717) is 13.0 Å². The van der Waals surface area contributed by atoms with Crippen molar-refractivity contribution < 1.29 is 4.79 Å². The molecular weight excluding hydrogens is 226 g/mol. The minimum atomic E-state index is -0.116. The van der Waals surface area contributed by atoms with Crippen molar-refractivity contribution in [2.45, 2.75) is 6.42 Å². The molecule has 2 aromatic rings. The third-order valence-electron chi connectivity index (χ3n) is 2.51. The second kappa shape index (κ2) is 5.93. The first kappa shape index (κ1) is 12.3. The number of nitrogens with zero attached hydrogens (tertiary/aromatic N) is 2. The fourth-order valence-electron chi connectivity index (χ4n) is 1.58. The molecule has 92 valence electrons. The van der Waals surface area contributed by atoms with Crippen molar-refractivity contribution in [1.82, 2.24) is 9.55 Å². The number of carbonyl (C=O) groups excluding carboxylic acids is 1. The van der Waals surface area contributed by atoms with E-state index in [2.05, 4.69) is 4.98 Å². The number of hydrogen-bond acceptors (Lipinski definition) is 3. The van der Waals surface area contributed by atoms with E-state index in [-0.39, 0.29) is 5.91 Å². The molecule has 1 aromatic carbocycles. The van der Waals surface area contributed by atoms with Gasteiger partial charge in [-0.3, -0.25) is 9.36 Å². The Morgan fingerprint density at radius 1 is 1.33 bits per heavy atom. The summed E-state index contributed by atoms with van der Waals surface area (Å²) in [6, 6.07) is 9.69. The summed E-state index contributed by atoms with van der Waals surface area (Å²) >= 11 is 0. The Morgan fingerprint density at radius 3 is 2.83 bits per heavy atom. The molecule has 0 amide bonds. The van der Waals surface area contributed by atoms with Gasteiger partial charge in [-0.15, -0.1) is 0 Å². The Morgan fingerprint density at radius 2 is 2.11 bits per heavy atom. The number of benzene rings is 1. The topological polar surface area (TPSA) is 60.9 Å². The molecule has 0 bridgehead atoms. The Labute approximate surface area is 106 Å². The van der Waals surface area contributed by atoms with E-state index in [1.165, 1.54) is 17.0 Å². The molecule has 0 aliphatic heterocycles. The molecule has 0 aliphatic carbocycles. The van der Waals surface area contributed by atoms with Crippen LogP contribution in [0.5, 0.6) is 0 Å². The molecule has 1 aromatic heterocycles. The predicted octanol–water partition coefficient (Wildman–Crippen LogP) is 1.74. The van der Waals surface area contributed by atoms with Gasteiger partial charge >= 0.3 is 0 Å². The SMILES string of the molecule is NCCc1cn(C(=O)C=Cc2ccccc2)cn1. The summed E-state index contributed by atoms with van der Waals surface area (Å²) in [5.74, 6) is -0.116. The van der Waals surface area contributed by atoms with Crippen molar-refractivity contribution in [3.05, 3.63) is 60.2 Å². The third-order valence-corrected chi connectivity index (χ3v) is 2.51. The van der Waals surface area contributed by atoms with Crippen molar-refractivity contribution in [2.75, 3.05) is 6.54 Å². The third kappa shape index (κ3) is 3.15. The van der Waals surface area contributed by atoms with Gasteiger partial charge in [-0.25, -0.2) is 4.98 Å². The van der Waals surface area contributed by atoms with Gasteiger partial charge in [0, 0.05) is 18.7 Å². The molecule has 0 unspecified atom stereocenters. The van der Waals surface area contributed by atoms with E-state index in [9.17, 15) is 4.79 Å². The summed E-state index contributed by atoms with van der Waals surface area (Å²) < 4.78 is 1.46. The Bertz CT molecular complexity index is 543. The fourth-order valence-corrected chi connectivity index (χ4v) is 1.58. The number of allylic oxidation sites excluding steroid dienone is 1. The maximum absolute atomic E-state index is 11.8. The van der Waals surface area contributed by atoms with Crippen LogP contribution >= 0.6 is 0 Å². The highest BCUT2D eigenvalue weighted by Crippen LogP contribution is 2.02. The summed E-state index contributed by atoms with van der Waals surface area (Å²) in [5, 5.41) is 0. The first-order chi connectivity index (χ1) is 8.79. The van der Waals surface area contributed by atoms with Crippen LogP contribution in [0, 0.1) is 0 Å². The van der Waals surface area contributed by atoms with Gasteiger partial charge in [-0.2, -0.15) is 0 Å². The lowest BCUT2D eigenvalue weighted by Gasteiger charge is -1.94. The maximum Gasteiger partial charge on any atom is 0.255 e. The molecular formula is C14H15N3O. The quantitative estimate of drug-likeness (QED) is 0.829. The standard InChI is InChI=1S/C14H15N3O/c15-9-8-13-10-17(11-16-13)14(18)7-6-12-4-2-1-3-5-12/h1-7,10-11H,8-9,15H2. The van der Waals surface area contributed by atoms with Crippen molar-refractivity contribution in [3.63, 3.8) is 0 Å². The number of nitrogens with two attached hydrogens (primary N) is 1. The first-order valence-corrected chi connectivity index (χ1v) is 5.80. The van der Waals surface area contributed by atoms with E-state index >= 15 is 0 Å². The summed E-state index contributed by atoms with van der Waals surface area (Å²) in [7, 11) is 0. The largest absolute Gasteiger partial charge is 0.330 e. The van der Waals surface area contributed by atoms with Gasteiger partial charge < -0.3 is 5.73 Å². The highest BCUT2D eigenvalue weighted by atomic mass is 16.1. The highest BCUT2D eigenvalue weighted by Gasteiger charge is 2.02. The lowest BCUT2D eigenvalue weighted by molar-refractivity contribution is 0.0969. The fraction of sp³-hybridized carbons (Fsp3) is 0.143. The smallest absolute Gasteiger partial charge is 0.255 e. The summed E-state index contributed by atoms with van der Waals surface area (Å²) in [6.45, 7) is 0.533. The lowest BCUT2D eigenvalue weighted by atomic mass is 10.2. The lowest BCUT2D eigenvalue weighted by Crippen LogP contribution is -2.05. The van der Waals surface area contributed by atoms with E-state index in [1.54, 1.807) is 12.3 Å². The van der Waals surface area contributed by atoms with E-state index in [1.807, 2.05) is 30.3 Å². The second-order valence-corrected chi connectivity index (χ2v) is 3.89. The van der Waals surface area contributed by atoms with Gasteiger partial charge in [0.05, 0.1) is 5.69 Å². The van der Waals surface area contributed by atoms with E-state index < -0.39 is 0 Å². The molecule has 0 atom stereocenters. The average Bonchev–Trinajstić information content (AvgIpc) is 2.86. The molecule has 0 aliphatic rings. The molecule has 0 saturated carbocycles. The summed E-state index contributed by atoms with van der Waals surface area (Å²) in [4.78, 5) is 16.0. The molecule has 0 spiro atoms. The van der Waals surface area contributed by atoms with Crippen LogP contribution in [0.2, 0.25) is 0 Å². The predicted molar refractivity (Wildman–Crippen MR) is 71.1 cm³/mol. The average molecular weight is 241 g/mol. The van der Waals surface area contributed by atoms with Gasteiger partial charge in [-0.1, -0.05) is 30.3 Å². The Kier molecular flexibility index (Phi) is 4.04. The molecule has 2 N–H and O–H groups in total. The first-order valence-electron chi connectivity index (χ1n) is 5.80. The van der Waals surface area contributed by atoms with Crippen LogP contribution in [0.15, 0.2) is 48.9 Å². The van der Waals surface area contributed by atoms with Crippen LogP contribution in [-0.4, -0.2) is 22.0 Å².